The van der Waals surface area contributed by atoms with Crippen molar-refractivity contribution in [3.8, 4) is 0 Å². The molecule has 0 spiro atoms. The number of amides is 1. The number of nitrogens with zero attached hydrogens (tertiary/aromatic N) is 1. The van der Waals surface area contributed by atoms with E-state index in [-0.39, 0.29) is 12.4 Å². The molecule has 0 aliphatic carbocycles. The monoisotopic (exact) mass is 419 g/mol. The molecule has 0 atom stereocenters. The van der Waals surface area contributed by atoms with Gasteiger partial charge in [0.2, 0.25) is 5.91 Å². The van der Waals surface area contributed by atoms with Crippen molar-refractivity contribution in [3.63, 3.8) is 0 Å². The summed E-state index contributed by atoms with van der Waals surface area (Å²) in [6, 6.07) is 13.0. The van der Waals surface area contributed by atoms with Gasteiger partial charge in [-0.3, -0.25) is 14.5 Å². The number of fused-ring (bicyclic) bond motifs is 3. The first kappa shape index (κ1) is 20.2. The summed E-state index contributed by atoms with van der Waals surface area (Å²) in [7, 11) is 0. The topological polar surface area (TPSA) is 85.4 Å². The molecule has 4 rings (SSSR count). The Morgan fingerprint density at radius 1 is 1.18 bits per heavy atom. The van der Waals surface area contributed by atoms with Gasteiger partial charge in [-0.25, -0.2) is 0 Å². The minimum absolute atomic E-state index is 0.0232. The van der Waals surface area contributed by atoms with E-state index in [0.29, 0.717) is 11.6 Å². The molecular formula is C20H19Cl2N3O3. The fourth-order valence-corrected chi connectivity index (χ4v) is 3.64. The Kier molecular flexibility index (Phi) is 6.57. The van der Waals surface area contributed by atoms with Crippen molar-refractivity contribution < 1.29 is 14.7 Å². The zero-order chi connectivity index (χ0) is 20.1. The SMILES string of the molecule is O=C(CN1CCc2c([nH]c3ccc(Cl)cc23)C1)Nc1ccc(Cl)cc1.O=CO. The molecule has 1 amide bonds. The van der Waals surface area contributed by atoms with Gasteiger partial charge in [0.25, 0.3) is 6.47 Å². The molecule has 146 valence electrons. The van der Waals surface area contributed by atoms with Crippen LogP contribution in [0, 0.1) is 0 Å². The quantitative estimate of drug-likeness (QED) is 0.556. The molecule has 0 fully saturated rings. The van der Waals surface area contributed by atoms with E-state index in [9.17, 15) is 4.79 Å². The van der Waals surface area contributed by atoms with E-state index in [1.165, 1.54) is 16.6 Å². The van der Waals surface area contributed by atoms with Gasteiger partial charge >= 0.3 is 0 Å². The fraction of sp³-hybridized carbons (Fsp3) is 0.200. The summed E-state index contributed by atoms with van der Waals surface area (Å²) < 4.78 is 0. The predicted molar refractivity (Wildman–Crippen MR) is 111 cm³/mol. The number of carbonyl (C=O) groups is 2. The highest BCUT2D eigenvalue weighted by atomic mass is 35.5. The maximum Gasteiger partial charge on any atom is 0.290 e. The second kappa shape index (κ2) is 9.10. The van der Waals surface area contributed by atoms with Crippen LogP contribution in [0.15, 0.2) is 42.5 Å². The van der Waals surface area contributed by atoms with Crippen LogP contribution in [0.3, 0.4) is 0 Å². The Labute approximate surface area is 172 Å². The first-order valence-electron chi connectivity index (χ1n) is 8.64. The number of hydrogen-bond donors (Lipinski definition) is 3. The highest BCUT2D eigenvalue weighted by molar-refractivity contribution is 6.31. The number of nitrogens with one attached hydrogen (secondary N) is 2. The molecule has 1 aliphatic rings. The van der Waals surface area contributed by atoms with Gasteiger partial charge in [0.05, 0.1) is 6.54 Å². The van der Waals surface area contributed by atoms with Crippen LogP contribution in [0.5, 0.6) is 0 Å². The molecule has 3 N–H and O–H groups in total. The number of carbonyl (C=O) groups excluding carboxylic acids is 1. The van der Waals surface area contributed by atoms with Gasteiger partial charge in [-0.05, 0) is 54.4 Å². The fourth-order valence-electron chi connectivity index (χ4n) is 3.34. The number of H-pyrrole nitrogens is 1. The lowest BCUT2D eigenvalue weighted by Gasteiger charge is -2.26. The molecule has 0 saturated carbocycles. The van der Waals surface area contributed by atoms with Crippen molar-refractivity contribution in [3.05, 3.63) is 63.8 Å². The van der Waals surface area contributed by atoms with Crippen LogP contribution < -0.4 is 5.32 Å². The highest BCUT2D eigenvalue weighted by Crippen LogP contribution is 2.29. The van der Waals surface area contributed by atoms with Crippen molar-refractivity contribution in [2.75, 3.05) is 18.4 Å². The van der Waals surface area contributed by atoms with E-state index in [4.69, 9.17) is 33.1 Å². The van der Waals surface area contributed by atoms with Gasteiger partial charge in [-0.15, -0.1) is 0 Å². The van der Waals surface area contributed by atoms with Crippen LogP contribution in [0.4, 0.5) is 5.69 Å². The third-order valence-electron chi connectivity index (χ3n) is 4.51. The standard InChI is InChI=1S/C19H17Cl2N3O.CH2O2/c20-12-1-4-14(5-2-12)22-19(25)11-24-8-7-15-16-9-13(21)3-6-17(16)23-18(15)10-24;2-1-3/h1-6,9,23H,7-8,10-11H2,(H,22,25);1H,(H,2,3). The van der Waals surface area contributed by atoms with Gasteiger partial charge in [-0.2, -0.15) is 0 Å². The summed E-state index contributed by atoms with van der Waals surface area (Å²) in [6.07, 6.45) is 0.907. The maximum atomic E-state index is 12.3. The molecule has 0 radical (unpaired) electrons. The Bertz CT molecular complexity index is 986. The van der Waals surface area contributed by atoms with Crippen LogP contribution >= 0.6 is 23.2 Å². The molecule has 6 nitrogen and oxygen atoms in total. The number of aromatic nitrogens is 1. The highest BCUT2D eigenvalue weighted by Gasteiger charge is 2.22. The Hall–Kier alpha value is -2.54. The van der Waals surface area contributed by atoms with Crippen molar-refractivity contribution in [1.29, 1.82) is 0 Å². The molecule has 28 heavy (non-hydrogen) atoms. The van der Waals surface area contributed by atoms with Gasteiger partial charge in [0.15, 0.2) is 0 Å². The molecule has 1 aliphatic heterocycles. The summed E-state index contributed by atoms with van der Waals surface area (Å²) >= 11 is 12.0. The average Bonchev–Trinajstić information content (AvgIpc) is 3.01. The molecule has 0 unspecified atom stereocenters. The minimum Gasteiger partial charge on any atom is -0.483 e. The van der Waals surface area contributed by atoms with Gasteiger partial charge < -0.3 is 15.4 Å². The summed E-state index contributed by atoms with van der Waals surface area (Å²) in [4.78, 5) is 26.2. The van der Waals surface area contributed by atoms with Crippen molar-refractivity contribution in [1.82, 2.24) is 9.88 Å². The third kappa shape index (κ3) is 4.84. The lowest BCUT2D eigenvalue weighted by molar-refractivity contribution is -0.123. The molecule has 1 aromatic heterocycles. The second-order valence-electron chi connectivity index (χ2n) is 6.39. The van der Waals surface area contributed by atoms with Gasteiger partial charge in [-0.1, -0.05) is 23.2 Å². The first-order chi connectivity index (χ1) is 13.5. The summed E-state index contributed by atoms with van der Waals surface area (Å²) in [5.41, 5.74) is 4.34. The number of aromatic amines is 1. The van der Waals surface area contributed by atoms with E-state index in [1.54, 1.807) is 24.3 Å². The van der Waals surface area contributed by atoms with Crippen molar-refractivity contribution in [2.24, 2.45) is 0 Å². The molecule has 2 aromatic carbocycles. The van der Waals surface area contributed by atoms with Gasteiger partial charge in [0, 0.05) is 45.4 Å². The normalized spacial score (nSPS) is 13.4. The smallest absolute Gasteiger partial charge is 0.290 e. The Balaban J connectivity index is 0.000000706. The second-order valence-corrected chi connectivity index (χ2v) is 7.27. The van der Waals surface area contributed by atoms with E-state index in [1.807, 2.05) is 18.2 Å². The molecule has 3 aromatic rings. The summed E-state index contributed by atoms with van der Waals surface area (Å²) in [6.45, 7) is 1.69. The lowest BCUT2D eigenvalue weighted by Crippen LogP contribution is -2.37. The first-order valence-corrected chi connectivity index (χ1v) is 9.40. The van der Waals surface area contributed by atoms with Crippen LogP contribution in [-0.2, 0) is 22.6 Å². The number of hydrogen-bond acceptors (Lipinski definition) is 3. The number of anilines is 1. The predicted octanol–water partition coefficient (Wildman–Crippen LogP) is 4.17. The number of halogens is 2. The van der Waals surface area contributed by atoms with E-state index in [0.717, 1.165) is 35.7 Å². The van der Waals surface area contributed by atoms with Crippen LogP contribution in [0.25, 0.3) is 10.9 Å². The van der Waals surface area contributed by atoms with E-state index in [2.05, 4.69) is 15.2 Å². The Morgan fingerprint density at radius 3 is 2.57 bits per heavy atom. The maximum absolute atomic E-state index is 12.3. The molecule has 8 heteroatoms. The molecule has 0 bridgehead atoms. The largest absolute Gasteiger partial charge is 0.483 e. The van der Waals surface area contributed by atoms with Gasteiger partial charge in [0.1, 0.15) is 0 Å². The summed E-state index contributed by atoms with van der Waals surface area (Å²) in [5.74, 6) is -0.0232. The lowest BCUT2D eigenvalue weighted by atomic mass is 10.0. The molecule has 2 heterocycles. The average molecular weight is 420 g/mol. The van der Waals surface area contributed by atoms with Crippen molar-refractivity contribution >= 4 is 52.2 Å². The zero-order valence-corrected chi connectivity index (χ0v) is 16.4. The van der Waals surface area contributed by atoms with Crippen LogP contribution in [0.1, 0.15) is 11.3 Å². The number of benzene rings is 2. The molecular weight excluding hydrogens is 401 g/mol. The zero-order valence-electron chi connectivity index (χ0n) is 14.9. The third-order valence-corrected chi connectivity index (χ3v) is 5.00. The molecule has 0 saturated heterocycles. The number of rotatable bonds is 3. The van der Waals surface area contributed by atoms with E-state index < -0.39 is 0 Å². The summed E-state index contributed by atoms with van der Waals surface area (Å²) in [5, 5.41) is 12.4. The van der Waals surface area contributed by atoms with Crippen LogP contribution in [0.2, 0.25) is 10.0 Å². The number of carboxylic acid groups (broad SMARTS) is 1. The van der Waals surface area contributed by atoms with Crippen LogP contribution in [-0.4, -0.2) is 40.5 Å². The van der Waals surface area contributed by atoms with Crippen molar-refractivity contribution in [2.45, 2.75) is 13.0 Å². The minimum atomic E-state index is -0.250. The Morgan fingerprint density at radius 2 is 1.86 bits per heavy atom. The van der Waals surface area contributed by atoms with E-state index >= 15 is 0 Å².